The Morgan fingerprint density at radius 3 is 0.415 bits per heavy atom. The summed E-state index contributed by atoms with van der Waals surface area (Å²) in [5.74, 6) is 0.644. The summed E-state index contributed by atoms with van der Waals surface area (Å²) < 4.78 is 78.2. The Morgan fingerprint density at radius 2 is 0.369 bits per heavy atom. The molecule has 0 amide bonds. The summed E-state index contributed by atoms with van der Waals surface area (Å²) in [7, 11) is 6.50. The normalized spacial score (nSPS) is 8.40. The lowest BCUT2D eigenvalue weighted by atomic mass is 9.92. The summed E-state index contributed by atoms with van der Waals surface area (Å²) in [6.45, 7) is 20.2. The highest BCUT2D eigenvalue weighted by Gasteiger charge is 2.64. The predicted molar refractivity (Wildman–Crippen MR) is 270 cm³/mol. The average Bonchev–Trinajstić information content (AvgIpc) is 3.36. The van der Waals surface area contributed by atoms with Gasteiger partial charge in [-0.25, -0.2) is 0 Å². The zero-order chi connectivity index (χ0) is 52.1. The molecule has 0 aromatic heterocycles. The molecule has 6 aromatic carbocycles. The highest BCUT2D eigenvalue weighted by Crippen LogP contribution is 2.49. The van der Waals surface area contributed by atoms with Gasteiger partial charge in [0.2, 0.25) is 0 Å². The van der Waals surface area contributed by atoms with Gasteiger partial charge < -0.3 is 19.7 Å². The van der Waals surface area contributed by atoms with Crippen molar-refractivity contribution in [2.45, 2.75) is 95.4 Å². The zero-order valence-electron chi connectivity index (χ0n) is 42.1. The third-order valence-corrected chi connectivity index (χ3v) is 5.60. The topological polar surface area (TPSA) is 58.9 Å². The highest BCUT2D eigenvalue weighted by molar-refractivity contribution is 5.19. The summed E-state index contributed by atoms with van der Waals surface area (Å²) >= 11 is 0. The van der Waals surface area contributed by atoms with E-state index in [9.17, 15) is 26.3 Å². The first-order valence-corrected chi connectivity index (χ1v) is 21.5. The molecule has 0 aliphatic carbocycles. The maximum absolute atomic E-state index is 11.6. The van der Waals surface area contributed by atoms with Crippen molar-refractivity contribution in [3.05, 3.63) is 206 Å². The van der Waals surface area contributed by atoms with Gasteiger partial charge in [0.1, 0.15) is 11.5 Å². The van der Waals surface area contributed by atoms with Crippen molar-refractivity contribution in [1.29, 1.82) is 0 Å². The first-order valence-electron chi connectivity index (χ1n) is 21.5. The number of alkyl halides is 6. The number of halogens is 6. The Kier molecular flexibility index (Phi) is 76.7. The Labute approximate surface area is 392 Å². The van der Waals surface area contributed by atoms with E-state index in [-0.39, 0.29) is 13.8 Å². The van der Waals surface area contributed by atoms with Gasteiger partial charge in [0, 0.05) is 28.4 Å². The zero-order valence-corrected chi connectivity index (χ0v) is 42.1. The van der Waals surface area contributed by atoms with Crippen LogP contribution >= 0.6 is 0 Å². The van der Waals surface area contributed by atoms with E-state index >= 15 is 0 Å². The Balaban J connectivity index is -0.0000000928. The van der Waals surface area contributed by atoms with Crippen molar-refractivity contribution in [2.75, 3.05) is 28.4 Å². The molecule has 0 unspecified atom stereocenters. The van der Waals surface area contributed by atoms with E-state index in [0.717, 1.165) is 0 Å². The standard InChI is InChI=1S/2C6H6O.4C6H6.C5H6F6.2C2H6O.5C2H6/c2*7-6-4-2-1-3-5-6;4*1-2-4-6-5-3-1;1-3(2,4(6,7)8)5(9,10)11;2*1-3-2;5*1-2/h2*1-5,7H;4*1-6H;1-2H3;2*1-2H3;5*1-2H3. The van der Waals surface area contributed by atoms with Gasteiger partial charge in [-0.15, -0.1) is 0 Å². The van der Waals surface area contributed by atoms with Gasteiger partial charge in [-0.05, 0) is 38.1 Å². The number of rotatable bonds is 0. The largest absolute Gasteiger partial charge is 0.508 e. The van der Waals surface area contributed by atoms with Crippen LogP contribution in [0.15, 0.2) is 206 Å². The lowest BCUT2D eigenvalue weighted by Crippen LogP contribution is -2.44. The number of phenolic OH excluding ortho intramolecular Hbond substituents is 2. The van der Waals surface area contributed by atoms with Crippen LogP contribution in [0, 0.1) is 5.41 Å². The van der Waals surface area contributed by atoms with E-state index in [4.69, 9.17) is 10.2 Å². The molecule has 4 nitrogen and oxygen atoms in total. The van der Waals surface area contributed by atoms with E-state index in [1.165, 1.54) is 0 Å². The smallest absolute Gasteiger partial charge is 0.402 e. The maximum atomic E-state index is 11.6. The molecule has 0 fully saturated rings. The molecule has 0 aliphatic heterocycles. The second kappa shape index (κ2) is 65.0. The molecule has 65 heavy (non-hydrogen) atoms. The second-order valence-corrected chi connectivity index (χ2v) is 10.7. The van der Waals surface area contributed by atoms with Gasteiger partial charge in [0.15, 0.2) is 5.41 Å². The minimum atomic E-state index is -5.24. The van der Waals surface area contributed by atoms with Gasteiger partial charge in [-0.2, -0.15) is 26.3 Å². The van der Waals surface area contributed by atoms with Crippen LogP contribution < -0.4 is 0 Å². The first-order chi connectivity index (χ1) is 31.1. The monoisotopic (exact) mass is 923 g/mol. The molecule has 0 saturated heterocycles. The Bertz CT molecular complexity index is 1240. The molecule has 370 valence electrons. The average molecular weight is 923 g/mol. The molecule has 0 spiro atoms. The molecule has 10 heteroatoms. The lowest BCUT2D eigenvalue weighted by molar-refractivity contribution is -0.327. The number of para-hydroxylation sites is 2. The highest BCUT2D eigenvalue weighted by atomic mass is 19.4. The quantitative estimate of drug-likeness (QED) is 0.149. The van der Waals surface area contributed by atoms with Crippen LogP contribution in [0.5, 0.6) is 11.5 Å². The second-order valence-electron chi connectivity index (χ2n) is 10.7. The third-order valence-electron chi connectivity index (χ3n) is 5.60. The van der Waals surface area contributed by atoms with Crippen LogP contribution in [0.1, 0.15) is 83.1 Å². The van der Waals surface area contributed by atoms with Crippen LogP contribution in [0.25, 0.3) is 0 Å². The number of hydrogen-bond donors (Lipinski definition) is 2. The van der Waals surface area contributed by atoms with E-state index in [2.05, 4.69) is 9.47 Å². The van der Waals surface area contributed by atoms with E-state index in [1.54, 1.807) is 77.0 Å². The summed E-state index contributed by atoms with van der Waals surface area (Å²) in [5.41, 5.74) is -3.62. The molecule has 0 saturated carbocycles. The van der Waals surface area contributed by atoms with Gasteiger partial charge in [0.25, 0.3) is 0 Å². The summed E-state index contributed by atoms with van der Waals surface area (Å²) in [6, 6.07) is 65.4. The predicted octanol–water partition coefficient (Wildman–Crippen LogP) is 18.3. The summed E-state index contributed by atoms with van der Waals surface area (Å²) in [4.78, 5) is 0. The third kappa shape index (κ3) is 67.7. The molecule has 6 aromatic rings. The van der Waals surface area contributed by atoms with Crippen LogP contribution in [-0.2, 0) is 9.47 Å². The first kappa shape index (κ1) is 76.7. The van der Waals surface area contributed by atoms with E-state index < -0.39 is 17.8 Å². The van der Waals surface area contributed by atoms with Gasteiger partial charge in [-0.3, -0.25) is 0 Å². The minimum Gasteiger partial charge on any atom is -0.508 e. The number of aromatic hydroxyl groups is 2. The van der Waals surface area contributed by atoms with Crippen LogP contribution in [0.4, 0.5) is 26.3 Å². The number of hydrogen-bond acceptors (Lipinski definition) is 4. The molecular formula is C55H84F6O4. The van der Waals surface area contributed by atoms with Crippen molar-refractivity contribution in [3.8, 4) is 11.5 Å². The van der Waals surface area contributed by atoms with Gasteiger partial charge in [0.05, 0.1) is 0 Å². The van der Waals surface area contributed by atoms with Gasteiger partial charge in [-0.1, -0.05) is 251 Å². The SMILES string of the molecule is CC.CC.CC.CC.CC.CC(C)(C(F)(F)F)C(F)(F)F.COC.COC.Oc1ccccc1.Oc1ccccc1.c1ccccc1.c1ccccc1.c1ccccc1.c1ccccc1. The molecule has 0 aliphatic rings. The Morgan fingerprint density at radius 1 is 0.277 bits per heavy atom. The number of phenols is 2. The molecule has 0 atom stereocenters. The van der Waals surface area contributed by atoms with E-state index in [0.29, 0.717) is 11.5 Å². The molecule has 0 bridgehead atoms. The van der Waals surface area contributed by atoms with Crippen LogP contribution in [0.3, 0.4) is 0 Å². The minimum absolute atomic E-state index is 0.104. The molecular weight excluding hydrogens is 839 g/mol. The number of benzene rings is 6. The fourth-order valence-corrected chi connectivity index (χ4v) is 2.56. The van der Waals surface area contributed by atoms with Crippen LogP contribution in [0.2, 0.25) is 0 Å². The summed E-state index contributed by atoms with van der Waals surface area (Å²) in [5, 5.41) is 17.3. The Hall–Kier alpha value is -5.58. The summed E-state index contributed by atoms with van der Waals surface area (Å²) in [6.07, 6.45) is -10.5. The van der Waals surface area contributed by atoms with E-state index in [1.807, 2.05) is 227 Å². The van der Waals surface area contributed by atoms with Crippen LogP contribution in [-0.4, -0.2) is 51.0 Å². The lowest BCUT2D eigenvalue weighted by Gasteiger charge is -2.29. The van der Waals surface area contributed by atoms with Crippen molar-refractivity contribution < 1.29 is 46.0 Å². The maximum Gasteiger partial charge on any atom is 0.402 e. The molecule has 6 rings (SSSR count). The van der Waals surface area contributed by atoms with Crippen molar-refractivity contribution >= 4 is 0 Å². The molecule has 0 heterocycles. The van der Waals surface area contributed by atoms with Gasteiger partial charge >= 0.3 is 12.4 Å². The number of ether oxygens (including phenoxy) is 2. The van der Waals surface area contributed by atoms with Crippen molar-refractivity contribution in [2.24, 2.45) is 5.41 Å². The van der Waals surface area contributed by atoms with Crippen molar-refractivity contribution in [3.63, 3.8) is 0 Å². The molecule has 0 radical (unpaired) electrons. The fraction of sp³-hybridized carbons (Fsp3) is 0.345. The fourth-order valence-electron chi connectivity index (χ4n) is 2.56. The molecule has 2 N–H and O–H groups in total. The number of methoxy groups -OCH3 is 2. The van der Waals surface area contributed by atoms with Crippen molar-refractivity contribution in [1.82, 2.24) is 0 Å².